The summed E-state index contributed by atoms with van der Waals surface area (Å²) in [5.41, 5.74) is 3.64. The van der Waals surface area contributed by atoms with Gasteiger partial charge in [-0.2, -0.15) is 31.6 Å². The molecule has 0 aliphatic heterocycles. The van der Waals surface area contributed by atoms with Gasteiger partial charge in [-0.05, 0) is 95.6 Å². The zero-order chi connectivity index (χ0) is 39.4. The molecule has 2 N–H and O–H groups in total. The van der Waals surface area contributed by atoms with E-state index in [1.807, 2.05) is 36.4 Å². The van der Waals surface area contributed by atoms with Crippen molar-refractivity contribution in [2.45, 2.75) is 0 Å². The molecule has 12 nitrogen and oxygen atoms in total. The lowest BCUT2D eigenvalue weighted by Gasteiger charge is -2.18. The zero-order valence-electron chi connectivity index (χ0n) is 28.3. The first kappa shape index (κ1) is 38.1. The molecule has 0 amide bonds. The van der Waals surface area contributed by atoms with E-state index in [1.165, 1.54) is 30.3 Å². The van der Waals surface area contributed by atoms with Crippen molar-refractivity contribution in [2.75, 3.05) is 0 Å². The first-order valence-electron chi connectivity index (χ1n) is 15.8. The molecule has 55 heavy (non-hydrogen) atoms. The molecule has 0 heterocycles. The molecule has 0 bridgehead atoms. The van der Waals surface area contributed by atoms with Crippen molar-refractivity contribution in [3.05, 3.63) is 161 Å². The van der Waals surface area contributed by atoms with E-state index >= 15 is 0 Å². The third kappa shape index (κ3) is 9.58. The molecule has 0 fully saturated rings. The average molecular weight is 739 g/mol. The number of phosphoric ester groups is 1. The fourth-order valence-electron chi connectivity index (χ4n) is 5.22. The fraction of sp³-hybridized carbons (Fsp3) is 0. The highest BCUT2D eigenvalue weighted by Crippen LogP contribution is 2.47. The first-order chi connectivity index (χ1) is 26.6. The van der Waals surface area contributed by atoms with Crippen LogP contribution in [0.5, 0.6) is 28.7 Å². The molecule has 0 aliphatic carbocycles. The van der Waals surface area contributed by atoms with E-state index < -0.39 is 7.82 Å². The Labute approximate surface area is 315 Å². The lowest BCUT2D eigenvalue weighted by atomic mass is 9.93. The smallest absolute Gasteiger partial charge is 0.457 e. The van der Waals surface area contributed by atoms with E-state index in [0.29, 0.717) is 56.4 Å². The Kier molecular flexibility index (Phi) is 12.0. The van der Waals surface area contributed by atoms with Gasteiger partial charge in [0.05, 0.1) is 33.4 Å². The summed E-state index contributed by atoms with van der Waals surface area (Å²) in [6.07, 6.45) is 0. The number of ether oxygens (including phenoxy) is 2. The van der Waals surface area contributed by atoms with Gasteiger partial charge in [0, 0.05) is 5.56 Å². The van der Waals surface area contributed by atoms with Crippen LogP contribution in [0.25, 0.3) is 22.3 Å². The Balaban J connectivity index is 0.000000504. The molecule has 0 aliphatic rings. The number of nitrogens with zero attached hydrogens (tertiary/aromatic N) is 6. The minimum atomic E-state index is -4.96. The third-order valence-corrected chi connectivity index (χ3v) is 8.05. The van der Waals surface area contributed by atoms with Gasteiger partial charge in [-0.1, -0.05) is 48.5 Å². The van der Waals surface area contributed by atoms with Gasteiger partial charge in [0.15, 0.2) is 0 Å². The van der Waals surface area contributed by atoms with Crippen LogP contribution in [0.2, 0.25) is 0 Å². The van der Waals surface area contributed by atoms with Crippen LogP contribution in [0.3, 0.4) is 0 Å². The van der Waals surface area contributed by atoms with Gasteiger partial charge in [0.25, 0.3) is 0 Å². The lowest BCUT2D eigenvalue weighted by Crippen LogP contribution is -1.96. The molecule has 6 rings (SSSR count). The Hall–Kier alpha value is -8.19. The molecule has 262 valence electrons. The summed E-state index contributed by atoms with van der Waals surface area (Å²) in [5.74, 6) is 1.33. The molecule has 0 atom stereocenters. The highest BCUT2D eigenvalue weighted by atomic mass is 31.2. The molecule has 6 aromatic rings. The number of hydrogen-bond donors (Lipinski definition) is 2. The van der Waals surface area contributed by atoms with E-state index in [-0.39, 0.29) is 28.0 Å². The summed E-state index contributed by atoms with van der Waals surface area (Å²) >= 11 is 0. The average Bonchev–Trinajstić information content (AvgIpc) is 3.20. The highest BCUT2D eigenvalue weighted by molar-refractivity contribution is 7.46. The number of hydrogen-bond acceptors (Lipinski definition) is 10. The molecule has 0 spiro atoms. The predicted molar refractivity (Wildman–Crippen MR) is 198 cm³/mol. The topological polar surface area (TPSA) is 228 Å². The Bertz CT molecular complexity index is 2710. The van der Waals surface area contributed by atoms with Crippen LogP contribution in [0, 0.1) is 68.0 Å². The van der Waals surface area contributed by atoms with E-state index in [0.717, 1.165) is 0 Å². The summed E-state index contributed by atoms with van der Waals surface area (Å²) < 4.78 is 29.0. The van der Waals surface area contributed by atoms with Crippen molar-refractivity contribution in [2.24, 2.45) is 0 Å². The monoisotopic (exact) mass is 738 g/mol. The molecular formula is C42H23N6O6P. The molecule has 0 radical (unpaired) electrons. The third-order valence-electron chi connectivity index (χ3n) is 7.61. The van der Waals surface area contributed by atoms with Gasteiger partial charge < -0.3 is 14.0 Å². The van der Waals surface area contributed by atoms with Crippen LogP contribution in [0.4, 0.5) is 0 Å². The predicted octanol–water partition coefficient (Wildman–Crippen LogP) is 8.99. The number of benzene rings is 6. The molecule has 13 heteroatoms. The van der Waals surface area contributed by atoms with Gasteiger partial charge >= 0.3 is 7.82 Å². The summed E-state index contributed by atoms with van der Waals surface area (Å²) in [7, 11) is -4.96. The van der Waals surface area contributed by atoms with Crippen molar-refractivity contribution in [1.82, 2.24) is 0 Å². The molecule has 0 aromatic heterocycles. The molecule has 0 unspecified atom stereocenters. The van der Waals surface area contributed by atoms with Gasteiger partial charge in [-0.3, -0.25) is 9.79 Å². The Morgan fingerprint density at radius 1 is 0.436 bits per heavy atom. The quantitative estimate of drug-likeness (QED) is 0.139. The number of nitriles is 6. The number of rotatable bonds is 8. The first-order valence-corrected chi connectivity index (χ1v) is 17.3. The largest absolute Gasteiger partial charge is 0.524 e. The van der Waals surface area contributed by atoms with Crippen molar-refractivity contribution in [1.29, 1.82) is 31.6 Å². The SMILES string of the molecule is N#Cc1ccc(Oc2cccc(-c3cccc(OP(=O)(O)O)c3-c3cccc(Oc4ccc(C#N)c(C#N)c4)c3)c2)cc1C#N.N#Cc1ccccc1C#N. The van der Waals surface area contributed by atoms with Crippen LogP contribution in [-0.4, -0.2) is 9.79 Å². The standard InChI is InChI=1S/C34H19N4O6P.C8H4N2/c35-18-24-10-12-30(16-26(24)20-37)42-28-6-1-4-22(14-28)32-8-3-9-33(44-45(39,40)41)34(32)23-5-2-7-29(15-23)43-31-13-11-25(19-36)27(17-31)21-38;9-5-7-3-1-2-4-8(7)6-10/h1-17H,(H2,39,40,41);1-4H. The Morgan fingerprint density at radius 2 is 0.855 bits per heavy atom. The van der Waals surface area contributed by atoms with E-state index in [1.54, 1.807) is 97.1 Å². The van der Waals surface area contributed by atoms with E-state index in [9.17, 15) is 35.4 Å². The second kappa shape index (κ2) is 17.4. The zero-order valence-corrected chi connectivity index (χ0v) is 29.2. The second-order valence-corrected chi connectivity index (χ2v) is 12.3. The summed E-state index contributed by atoms with van der Waals surface area (Å²) in [4.78, 5) is 19.4. The summed E-state index contributed by atoms with van der Waals surface area (Å²) in [6, 6.07) is 45.9. The van der Waals surface area contributed by atoms with Gasteiger partial charge in [0.1, 0.15) is 65.2 Å². The van der Waals surface area contributed by atoms with Crippen molar-refractivity contribution in [3.8, 4) is 87.4 Å². The van der Waals surface area contributed by atoms with Crippen molar-refractivity contribution < 1.29 is 28.3 Å². The second-order valence-electron chi connectivity index (χ2n) is 11.2. The molecular weight excluding hydrogens is 715 g/mol. The maximum atomic E-state index is 11.9. The maximum Gasteiger partial charge on any atom is 0.524 e. The molecule has 0 saturated heterocycles. The maximum absolute atomic E-state index is 11.9. The van der Waals surface area contributed by atoms with Gasteiger partial charge in [0.2, 0.25) is 0 Å². The van der Waals surface area contributed by atoms with Crippen LogP contribution >= 0.6 is 7.82 Å². The van der Waals surface area contributed by atoms with E-state index in [2.05, 4.69) is 0 Å². The molecule has 0 saturated carbocycles. The molecule has 6 aromatic carbocycles. The minimum absolute atomic E-state index is 0.0831. The van der Waals surface area contributed by atoms with Gasteiger partial charge in [-0.15, -0.1) is 0 Å². The lowest BCUT2D eigenvalue weighted by molar-refractivity contribution is 0.283. The normalized spacial score (nSPS) is 9.96. The van der Waals surface area contributed by atoms with E-state index in [4.69, 9.17) is 24.5 Å². The Morgan fingerprint density at radius 3 is 1.33 bits per heavy atom. The fourth-order valence-corrected chi connectivity index (χ4v) is 5.63. The summed E-state index contributed by atoms with van der Waals surface area (Å²) in [5, 5.41) is 54.1. The van der Waals surface area contributed by atoms with Crippen molar-refractivity contribution >= 4 is 7.82 Å². The van der Waals surface area contributed by atoms with Crippen LogP contribution in [0.1, 0.15) is 33.4 Å². The van der Waals surface area contributed by atoms with Gasteiger partial charge in [-0.25, -0.2) is 4.57 Å². The van der Waals surface area contributed by atoms with Crippen LogP contribution < -0.4 is 14.0 Å². The number of phosphoric acid groups is 1. The van der Waals surface area contributed by atoms with Crippen LogP contribution in [0.15, 0.2) is 127 Å². The highest BCUT2D eigenvalue weighted by Gasteiger charge is 2.22. The summed E-state index contributed by atoms with van der Waals surface area (Å²) in [6.45, 7) is 0. The van der Waals surface area contributed by atoms with Crippen molar-refractivity contribution in [3.63, 3.8) is 0 Å². The minimum Gasteiger partial charge on any atom is -0.457 e. The van der Waals surface area contributed by atoms with Crippen LogP contribution in [-0.2, 0) is 4.57 Å².